The average molecular weight is 388 g/mol. The van der Waals surface area contributed by atoms with Crippen molar-refractivity contribution in [2.24, 2.45) is 0 Å². The second-order valence-electron chi connectivity index (χ2n) is 5.21. The fraction of sp³-hybridized carbons (Fsp3) is 0.100. The van der Waals surface area contributed by atoms with Gasteiger partial charge in [-0.15, -0.1) is 0 Å². The number of rotatable bonds is 6. The van der Waals surface area contributed by atoms with E-state index in [2.05, 4.69) is 0 Å². The van der Waals surface area contributed by atoms with Crippen molar-refractivity contribution in [2.45, 2.75) is 0 Å². The lowest BCUT2D eigenvalue weighted by molar-refractivity contribution is -0.132. The normalized spacial score (nSPS) is 10.4. The molecule has 8 heteroatoms. The zero-order valence-electron chi connectivity index (χ0n) is 15.2. The van der Waals surface area contributed by atoms with E-state index in [9.17, 15) is 19.8 Å². The molecule has 28 heavy (non-hydrogen) atoms. The van der Waals surface area contributed by atoms with E-state index in [1.807, 2.05) is 0 Å². The number of phenolic OH excluding ortho intramolecular Hbond substituents is 2. The highest BCUT2D eigenvalue weighted by Crippen LogP contribution is 2.27. The Bertz CT molecular complexity index is 810. The number of carbonyl (C=O) groups is 2. The van der Waals surface area contributed by atoms with Gasteiger partial charge in [0.15, 0.2) is 23.0 Å². The predicted octanol–water partition coefficient (Wildman–Crippen LogP) is 3.00. The Morgan fingerprint density at radius 3 is 1.39 bits per heavy atom. The molecule has 0 heterocycles. The molecule has 2 aromatic rings. The number of methoxy groups -OCH3 is 2. The van der Waals surface area contributed by atoms with Crippen LogP contribution in [-0.2, 0) is 9.59 Å². The second kappa shape index (κ2) is 10.9. The van der Waals surface area contributed by atoms with E-state index in [-0.39, 0.29) is 11.5 Å². The van der Waals surface area contributed by atoms with E-state index in [1.54, 1.807) is 24.3 Å². The molecule has 0 aliphatic heterocycles. The highest BCUT2D eigenvalue weighted by Gasteiger charge is 2.01. The average Bonchev–Trinajstić information content (AvgIpc) is 2.67. The summed E-state index contributed by atoms with van der Waals surface area (Å²) in [4.78, 5) is 20.5. The van der Waals surface area contributed by atoms with Gasteiger partial charge in [0.25, 0.3) is 0 Å². The molecule has 0 saturated carbocycles. The predicted molar refractivity (Wildman–Crippen MR) is 103 cm³/mol. The molecule has 4 N–H and O–H groups in total. The molecule has 0 unspecified atom stereocenters. The summed E-state index contributed by atoms with van der Waals surface area (Å²) in [6.45, 7) is 0. The van der Waals surface area contributed by atoms with E-state index < -0.39 is 11.9 Å². The van der Waals surface area contributed by atoms with Crippen LogP contribution in [0.15, 0.2) is 48.6 Å². The van der Waals surface area contributed by atoms with Crippen molar-refractivity contribution in [2.75, 3.05) is 14.2 Å². The van der Waals surface area contributed by atoms with Crippen LogP contribution in [0.2, 0.25) is 0 Å². The molecule has 0 atom stereocenters. The number of benzene rings is 2. The molecule has 0 aromatic heterocycles. The Morgan fingerprint density at radius 2 is 1.11 bits per heavy atom. The van der Waals surface area contributed by atoms with Gasteiger partial charge in [0.2, 0.25) is 0 Å². The monoisotopic (exact) mass is 388 g/mol. The SMILES string of the molecule is COc1cc(C=CC(=O)O)ccc1O.COc1cc(C=CC(=O)O)ccc1O. The van der Waals surface area contributed by atoms with Gasteiger partial charge in [-0.1, -0.05) is 12.1 Å². The lowest BCUT2D eigenvalue weighted by Gasteiger charge is -2.03. The van der Waals surface area contributed by atoms with Crippen molar-refractivity contribution in [1.82, 2.24) is 0 Å². The summed E-state index contributed by atoms with van der Waals surface area (Å²) >= 11 is 0. The molecule has 2 aromatic carbocycles. The minimum atomic E-state index is -1.02. The largest absolute Gasteiger partial charge is 0.504 e. The Kier molecular flexibility index (Phi) is 8.62. The maximum Gasteiger partial charge on any atom is 0.328 e. The summed E-state index contributed by atoms with van der Waals surface area (Å²) in [6, 6.07) is 9.18. The maximum atomic E-state index is 10.2. The smallest absolute Gasteiger partial charge is 0.328 e. The zero-order chi connectivity index (χ0) is 21.1. The number of phenols is 2. The fourth-order valence-corrected chi connectivity index (χ4v) is 1.93. The molecule has 0 bridgehead atoms. The van der Waals surface area contributed by atoms with E-state index in [4.69, 9.17) is 19.7 Å². The molecular formula is C20H20O8. The Hall–Kier alpha value is -3.94. The first-order valence-electron chi connectivity index (χ1n) is 7.82. The first kappa shape index (κ1) is 22.1. The number of carboxylic acids is 2. The summed E-state index contributed by atoms with van der Waals surface area (Å²) in [5, 5.41) is 35.3. The van der Waals surface area contributed by atoms with Crippen molar-refractivity contribution < 1.29 is 39.5 Å². The number of aromatic hydroxyl groups is 2. The van der Waals surface area contributed by atoms with Crippen molar-refractivity contribution >= 4 is 24.1 Å². The molecule has 0 radical (unpaired) electrons. The van der Waals surface area contributed by atoms with Crippen LogP contribution in [0.1, 0.15) is 11.1 Å². The van der Waals surface area contributed by atoms with Crippen LogP contribution in [0.3, 0.4) is 0 Å². The van der Waals surface area contributed by atoms with Crippen molar-refractivity contribution in [3.63, 3.8) is 0 Å². The van der Waals surface area contributed by atoms with Crippen LogP contribution in [0.25, 0.3) is 12.2 Å². The van der Waals surface area contributed by atoms with Crippen molar-refractivity contribution in [3.8, 4) is 23.0 Å². The molecule has 0 aliphatic carbocycles. The van der Waals surface area contributed by atoms with Crippen LogP contribution in [0.4, 0.5) is 0 Å². The molecule has 0 saturated heterocycles. The van der Waals surface area contributed by atoms with Crippen molar-refractivity contribution in [3.05, 3.63) is 59.7 Å². The van der Waals surface area contributed by atoms with Crippen LogP contribution in [-0.4, -0.2) is 46.6 Å². The van der Waals surface area contributed by atoms with E-state index in [0.717, 1.165) is 12.2 Å². The molecule has 148 valence electrons. The number of ether oxygens (including phenoxy) is 2. The Morgan fingerprint density at radius 1 is 0.750 bits per heavy atom. The minimum absolute atomic E-state index is 0.0278. The second-order valence-corrected chi connectivity index (χ2v) is 5.21. The summed E-state index contributed by atoms with van der Waals surface area (Å²) in [5.41, 5.74) is 1.31. The number of aliphatic carboxylic acids is 2. The van der Waals surface area contributed by atoms with Gasteiger partial charge in [-0.25, -0.2) is 9.59 Å². The molecule has 0 spiro atoms. The molecule has 0 fully saturated rings. The standard InChI is InChI=1S/2C10H10O4/c2*1-14-9-6-7(2-4-8(9)11)3-5-10(12)13/h2*2-6,11H,1H3,(H,12,13). The highest BCUT2D eigenvalue weighted by molar-refractivity contribution is 5.85. The fourth-order valence-electron chi connectivity index (χ4n) is 1.93. The third-order valence-corrected chi connectivity index (χ3v) is 3.24. The molecule has 8 nitrogen and oxygen atoms in total. The van der Waals surface area contributed by atoms with Crippen molar-refractivity contribution in [1.29, 1.82) is 0 Å². The topological polar surface area (TPSA) is 134 Å². The van der Waals surface area contributed by atoms with Gasteiger partial charge in [0.05, 0.1) is 14.2 Å². The zero-order valence-corrected chi connectivity index (χ0v) is 15.2. The highest BCUT2D eigenvalue weighted by atomic mass is 16.5. The van der Waals surface area contributed by atoms with Gasteiger partial charge >= 0.3 is 11.9 Å². The molecular weight excluding hydrogens is 368 g/mol. The lowest BCUT2D eigenvalue weighted by Crippen LogP contribution is -1.87. The lowest BCUT2D eigenvalue weighted by atomic mass is 10.2. The first-order chi connectivity index (χ1) is 13.3. The first-order valence-corrected chi connectivity index (χ1v) is 7.82. The number of hydrogen-bond donors (Lipinski definition) is 4. The summed E-state index contributed by atoms with van der Waals surface area (Å²) in [7, 11) is 2.86. The van der Waals surface area contributed by atoms with Gasteiger partial charge in [-0.3, -0.25) is 0 Å². The van der Waals surface area contributed by atoms with E-state index in [1.165, 1.54) is 38.5 Å². The Balaban J connectivity index is 0.000000280. The minimum Gasteiger partial charge on any atom is -0.504 e. The Labute approximate surface area is 161 Å². The molecule has 0 amide bonds. The van der Waals surface area contributed by atoms with E-state index >= 15 is 0 Å². The van der Waals surface area contributed by atoms with Crippen LogP contribution in [0, 0.1) is 0 Å². The van der Waals surface area contributed by atoms with E-state index in [0.29, 0.717) is 22.6 Å². The van der Waals surface area contributed by atoms with Gasteiger partial charge in [-0.2, -0.15) is 0 Å². The number of carboxylic acid groups (broad SMARTS) is 2. The third kappa shape index (κ3) is 7.52. The quantitative estimate of drug-likeness (QED) is 0.555. The maximum absolute atomic E-state index is 10.2. The summed E-state index contributed by atoms with van der Waals surface area (Å²) in [5.74, 6) is -1.34. The molecule has 2 rings (SSSR count). The van der Waals surface area contributed by atoms with Crippen LogP contribution < -0.4 is 9.47 Å². The number of hydrogen-bond acceptors (Lipinski definition) is 6. The van der Waals surface area contributed by atoms with Gasteiger partial charge in [0, 0.05) is 12.2 Å². The van der Waals surface area contributed by atoms with Gasteiger partial charge in [0.1, 0.15) is 0 Å². The van der Waals surface area contributed by atoms with Crippen LogP contribution >= 0.6 is 0 Å². The van der Waals surface area contributed by atoms with Crippen LogP contribution in [0.5, 0.6) is 23.0 Å². The summed E-state index contributed by atoms with van der Waals surface area (Å²) in [6.07, 6.45) is 4.88. The van der Waals surface area contributed by atoms with Gasteiger partial charge < -0.3 is 29.9 Å². The summed E-state index contributed by atoms with van der Waals surface area (Å²) < 4.78 is 9.72. The third-order valence-electron chi connectivity index (χ3n) is 3.24. The van der Waals surface area contributed by atoms with Gasteiger partial charge in [-0.05, 0) is 47.5 Å². The molecule has 0 aliphatic rings.